The fourth-order valence-corrected chi connectivity index (χ4v) is 2.75. The molecule has 5 nitrogen and oxygen atoms in total. The van der Waals surface area contributed by atoms with Gasteiger partial charge in [-0.05, 0) is 23.8 Å². The van der Waals surface area contributed by atoms with Crippen LogP contribution in [0.15, 0.2) is 66.9 Å². The summed E-state index contributed by atoms with van der Waals surface area (Å²) < 4.78 is 7.24. The summed E-state index contributed by atoms with van der Waals surface area (Å²) in [6.45, 7) is 0. The topological polar surface area (TPSA) is 52.3 Å². The molecule has 0 fully saturated rings. The Kier molecular flexibility index (Phi) is 3.67. The first-order chi connectivity index (χ1) is 11.8. The van der Waals surface area contributed by atoms with E-state index >= 15 is 0 Å². The summed E-state index contributed by atoms with van der Waals surface area (Å²) in [6, 6.07) is 20.0. The Balaban J connectivity index is 1.80. The molecule has 2 aromatic carbocycles. The van der Waals surface area contributed by atoms with Gasteiger partial charge in [-0.2, -0.15) is 9.50 Å². The first kappa shape index (κ1) is 14.4. The number of methoxy groups -OCH3 is 1. The zero-order valence-corrected chi connectivity index (χ0v) is 13.3. The Morgan fingerprint density at radius 1 is 0.958 bits per heavy atom. The van der Waals surface area contributed by atoms with Gasteiger partial charge in [0.15, 0.2) is 5.82 Å². The van der Waals surface area contributed by atoms with Crippen LogP contribution in [0.3, 0.4) is 0 Å². The molecule has 5 heteroatoms. The van der Waals surface area contributed by atoms with Gasteiger partial charge in [0.25, 0.3) is 5.78 Å². The van der Waals surface area contributed by atoms with Crippen molar-refractivity contribution in [3.05, 3.63) is 78.2 Å². The van der Waals surface area contributed by atoms with Crippen molar-refractivity contribution < 1.29 is 4.74 Å². The van der Waals surface area contributed by atoms with Gasteiger partial charge >= 0.3 is 0 Å². The zero-order chi connectivity index (χ0) is 16.4. The maximum absolute atomic E-state index is 5.47. The Morgan fingerprint density at radius 2 is 1.75 bits per heavy atom. The summed E-state index contributed by atoms with van der Waals surface area (Å²) in [7, 11) is 1.67. The van der Waals surface area contributed by atoms with E-state index in [9.17, 15) is 0 Å². The monoisotopic (exact) mass is 316 g/mol. The number of rotatable bonds is 4. The lowest BCUT2D eigenvalue weighted by Crippen LogP contribution is -1.98. The molecule has 0 N–H and O–H groups in total. The molecule has 0 spiro atoms. The van der Waals surface area contributed by atoms with Gasteiger partial charge in [-0.3, -0.25) is 0 Å². The van der Waals surface area contributed by atoms with Crippen molar-refractivity contribution in [2.75, 3.05) is 7.11 Å². The van der Waals surface area contributed by atoms with Gasteiger partial charge in [-0.1, -0.05) is 42.5 Å². The molecule has 2 aromatic heterocycles. The van der Waals surface area contributed by atoms with Gasteiger partial charge in [0, 0.05) is 18.2 Å². The lowest BCUT2D eigenvalue weighted by Gasteiger charge is -2.08. The minimum atomic E-state index is 0.587. The van der Waals surface area contributed by atoms with Crippen molar-refractivity contribution in [1.29, 1.82) is 0 Å². The van der Waals surface area contributed by atoms with Crippen LogP contribution >= 0.6 is 0 Å². The average Bonchev–Trinajstić information content (AvgIpc) is 3.05. The third-order valence-electron chi connectivity index (χ3n) is 3.87. The van der Waals surface area contributed by atoms with E-state index in [0.717, 1.165) is 22.8 Å². The molecule has 4 rings (SSSR count). The van der Waals surface area contributed by atoms with Crippen LogP contribution in [0.1, 0.15) is 11.4 Å². The van der Waals surface area contributed by atoms with Gasteiger partial charge in [0.1, 0.15) is 5.75 Å². The molecule has 2 heterocycles. The van der Waals surface area contributed by atoms with Crippen LogP contribution in [-0.2, 0) is 6.42 Å². The predicted octanol–water partition coefficient (Wildman–Crippen LogP) is 3.39. The molecule has 0 saturated heterocycles. The number of para-hydroxylation sites is 1. The number of hydrogen-bond donors (Lipinski definition) is 0. The summed E-state index contributed by atoms with van der Waals surface area (Å²) in [6.07, 6.45) is 2.42. The highest BCUT2D eigenvalue weighted by molar-refractivity contribution is 5.68. The van der Waals surface area contributed by atoms with Crippen molar-refractivity contribution in [3.63, 3.8) is 0 Å². The third-order valence-corrected chi connectivity index (χ3v) is 3.87. The van der Waals surface area contributed by atoms with Crippen molar-refractivity contribution >= 4 is 5.78 Å². The van der Waals surface area contributed by atoms with E-state index in [2.05, 4.69) is 27.2 Å². The number of nitrogens with zero attached hydrogens (tertiary/aromatic N) is 4. The number of ether oxygens (including phenoxy) is 1. The number of aromatic nitrogens is 4. The molecule has 0 radical (unpaired) electrons. The molecule has 0 aliphatic rings. The molecular formula is C19H16N4O. The quantitative estimate of drug-likeness (QED) is 0.579. The van der Waals surface area contributed by atoms with Crippen LogP contribution < -0.4 is 4.74 Å². The molecule has 0 unspecified atom stereocenters. The Bertz CT molecular complexity index is 979. The molecule has 0 amide bonds. The molecule has 0 bridgehead atoms. The van der Waals surface area contributed by atoms with Crippen LogP contribution in [0, 0.1) is 0 Å². The molecule has 0 saturated carbocycles. The van der Waals surface area contributed by atoms with E-state index in [-0.39, 0.29) is 0 Å². The zero-order valence-electron chi connectivity index (χ0n) is 13.3. The molecule has 0 atom stereocenters. The smallest absolute Gasteiger partial charge is 0.252 e. The summed E-state index contributed by atoms with van der Waals surface area (Å²) >= 11 is 0. The maximum atomic E-state index is 5.47. The highest BCUT2D eigenvalue weighted by Gasteiger charge is 2.13. The summed E-state index contributed by atoms with van der Waals surface area (Å²) in [5, 5.41) is 4.65. The van der Waals surface area contributed by atoms with Gasteiger partial charge in [0.2, 0.25) is 0 Å². The lowest BCUT2D eigenvalue weighted by atomic mass is 10.1. The first-order valence-electron chi connectivity index (χ1n) is 7.73. The summed E-state index contributed by atoms with van der Waals surface area (Å²) in [5.41, 5.74) is 3.04. The fraction of sp³-hybridized carbons (Fsp3) is 0.105. The number of fused-ring (bicyclic) bond motifs is 1. The van der Waals surface area contributed by atoms with E-state index in [1.165, 1.54) is 5.56 Å². The van der Waals surface area contributed by atoms with Crippen LogP contribution in [0.4, 0.5) is 0 Å². The molecular weight excluding hydrogens is 300 g/mol. The summed E-state index contributed by atoms with van der Waals surface area (Å²) in [4.78, 5) is 8.88. The van der Waals surface area contributed by atoms with Crippen LogP contribution in [0.2, 0.25) is 0 Å². The van der Waals surface area contributed by atoms with Crippen molar-refractivity contribution in [2.45, 2.75) is 6.42 Å². The third kappa shape index (κ3) is 2.60. The van der Waals surface area contributed by atoms with E-state index in [1.54, 1.807) is 17.8 Å². The van der Waals surface area contributed by atoms with Crippen molar-refractivity contribution in [3.8, 4) is 17.0 Å². The minimum Gasteiger partial charge on any atom is -0.496 e. The normalized spacial score (nSPS) is 10.9. The van der Waals surface area contributed by atoms with E-state index in [0.29, 0.717) is 12.2 Å². The minimum absolute atomic E-state index is 0.587. The molecule has 0 aliphatic carbocycles. The average molecular weight is 316 g/mol. The van der Waals surface area contributed by atoms with E-state index in [4.69, 9.17) is 4.74 Å². The summed E-state index contributed by atoms with van der Waals surface area (Å²) in [5.74, 6) is 2.13. The molecule has 118 valence electrons. The number of hydrogen-bond acceptors (Lipinski definition) is 4. The Labute approximate surface area is 139 Å². The maximum Gasteiger partial charge on any atom is 0.252 e. The van der Waals surface area contributed by atoms with E-state index < -0.39 is 0 Å². The van der Waals surface area contributed by atoms with Gasteiger partial charge in [-0.15, -0.1) is 5.10 Å². The van der Waals surface area contributed by atoms with Crippen molar-refractivity contribution in [1.82, 2.24) is 19.6 Å². The largest absolute Gasteiger partial charge is 0.496 e. The van der Waals surface area contributed by atoms with Gasteiger partial charge in [-0.25, -0.2) is 4.98 Å². The molecule has 4 aromatic rings. The lowest BCUT2D eigenvalue weighted by molar-refractivity contribution is 0.416. The predicted molar refractivity (Wildman–Crippen MR) is 92.0 cm³/mol. The highest BCUT2D eigenvalue weighted by atomic mass is 16.5. The van der Waals surface area contributed by atoms with Crippen LogP contribution in [0.5, 0.6) is 5.75 Å². The van der Waals surface area contributed by atoms with Crippen molar-refractivity contribution in [2.24, 2.45) is 0 Å². The second-order valence-electron chi connectivity index (χ2n) is 5.43. The molecule has 24 heavy (non-hydrogen) atoms. The molecule has 0 aliphatic heterocycles. The highest BCUT2D eigenvalue weighted by Crippen LogP contribution is 2.29. The van der Waals surface area contributed by atoms with Crippen LogP contribution in [0.25, 0.3) is 17.0 Å². The van der Waals surface area contributed by atoms with Gasteiger partial charge < -0.3 is 4.74 Å². The van der Waals surface area contributed by atoms with Crippen LogP contribution in [-0.4, -0.2) is 26.7 Å². The first-order valence-corrected chi connectivity index (χ1v) is 7.73. The Morgan fingerprint density at radius 3 is 2.58 bits per heavy atom. The number of benzene rings is 2. The second kappa shape index (κ2) is 6.12. The second-order valence-corrected chi connectivity index (χ2v) is 5.43. The van der Waals surface area contributed by atoms with E-state index in [1.807, 2.05) is 48.5 Å². The fourth-order valence-electron chi connectivity index (χ4n) is 2.75. The SMILES string of the molecule is COc1ccccc1-c1ccnc2nc(Cc3ccccc3)nn12. The van der Waals surface area contributed by atoms with Gasteiger partial charge in [0.05, 0.1) is 12.8 Å². The Hall–Kier alpha value is -3.21. The standard InChI is InChI=1S/C19H16N4O/c1-24-17-10-6-5-9-15(17)16-11-12-20-19-21-18(22-23(16)19)13-14-7-3-2-4-8-14/h2-12H,13H2,1H3.